The molecule has 0 atom stereocenters. The summed E-state index contributed by atoms with van der Waals surface area (Å²) in [5.41, 5.74) is -1.06. The van der Waals surface area contributed by atoms with Crippen LogP contribution in [0.4, 0.5) is 28.0 Å². The lowest BCUT2D eigenvalue weighted by molar-refractivity contribution is -0.137. The fraction of sp³-hybridized carbons (Fsp3) is 0.263. The molecule has 1 fully saturated rings. The van der Waals surface area contributed by atoms with Crippen molar-refractivity contribution in [3.8, 4) is 0 Å². The van der Waals surface area contributed by atoms with Crippen LogP contribution in [0.2, 0.25) is 0 Å². The average Bonchev–Trinajstić information content (AvgIpc) is 2.69. The SMILES string of the molecule is O=C(Nc1cc(C(F)(F)F)ccc1F)N1CCN(C(=O)c2ccccc2)CC1. The molecule has 3 amide bonds. The quantitative estimate of drug-likeness (QED) is 0.786. The lowest BCUT2D eigenvalue weighted by Gasteiger charge is -2.34. The van der Waals surface area contributed by atoms with Gasteiger partial charge in [0.05, 0.1) is 11.3 Å². The van der Waals surface area contributed by atoms with Crippen LogP contribution in [-0.4, -0.2) is 47.9 Å². The molecule has 2 aromatic carbocycles. The van der Waals surface area contributed by atoms with Crippen LogP contribution in [0.15, 0.2) is 48.5 Å². The normalized spacial score (nSPS) is 14.7. The second kappa shape index (κ2) is 7.87. The van der Waals surface area contributed by atoms with Crippen LogP contribution in [0.5, 0.6) is 0 Å². The summed E-state index contributed by atoms with van der Waals surface area (Å²) in [4.78, 5) is 27.6. The van der Waals surface area contributed by atoms with E-state index in [1.807, 2.05) is 0 Å². The minimum atomic E-state index is -4.64. The first-order valence-electron chi connectivity index (χ1n) is 8.53. The van der Waals surface area contributed by atoms with Crippen molar-refractivity contribution in [3.63, 3.8) is 0 Å². The highest BCUT2D eigenvalue weighted by Gasteiger charge is 2.32. The molecule has 0 aliphatic carbocycles. The molecule has 0 aromatic heterocycles. The van der Waals surface area contributed by atoms with E-state index in [2.05, 4.69) is 5.32 Å². The Morgan fingerprint density at radius 3 is 2.11 bits per heavy atom. The van der Waals surface area contributed by atoms with Gasteiger partial charge < -0.3 is 15.1 Å². The van der Waals surface area contributed by atoms with Gasteiger partial charge in [-0.2, -0.15) is 13.2 Å². The standard InChI is InChI=1S/C19H17F4N3O2/c20-15-7-6-14(19(21,22)23)12-16(15)24-18(28)26-10-8-25(9-11-26)17(27)13-4-2-1-3-5-13/h1-7,12H,8-11H2,(H,24,28). The summed E-state index contributed by atoms with van der Waals surface area (Å²) in [5, 5.41) is 2.18. The molecule has 1 aliphatic heterocycles. The van der Waals surface area contributed by atoms with Gasteiger partial charge in [0.2, 0.25) is 0 Å². The van der Waals surface area contributed by atoms with Crippen molar-refractivity contribution in [2.45, 2.75) is 6.18 Å². The highest BCUT2D eigenvalue weighted by molar-refractivity contribution is 5.94. The summed E-state index contributed by atoms with van der Waals surface area (Å²) in [6.07, 6.45) is -4.64. The molecule has 5 nitrogen and oxygen atoms in total. The Morgan fingerprint density at radius 2 is 1.50 bits per heavy atom. The minimum Gasteiger partial charge on any atom is -0.335 e. The van der Waals surface area contributed by atoms with Crippen molar-refractivity contribution in [3.05, 3.63) is 65.5 Å². The van der Waals surface area contributed by atoms with Gasteiger partial charge in [0, 0.05) is 31.7 Å². The van der Waals surface area contributed by atoms with E-state index in [0.717, 1.165) is 0 Å². The van der Waals surface area contributed by atoms with Crippen LogP contribution in [0.3, 0.4) is 0 Å². The monoisotopic (exact) mass is 395 g/mol. The number of nitrogens with zero attached hydrogens (tertiary/aromatic N) is 2. The van der Waals surface area contributed by atoms with E-state index in [1.165, 1.54) is 4.90 Å². The van der Waals surface area contributed by atoms with Gasteiger partial charge in [-0.25, -0.2) is 9.18 Å². The molecule has 148 valence electrons. The fourth-order valence-electron chi connectivity index (χ4n) is 2.87. The van der Waals surface area contributed by atoms with Crippen molar-refractivity contribution in [2.24, 2.45) is 0 Å². The van der Waals surface area contributed by atoms with Gasteiger partial charge in [-0.05, 0) is 30.3 Å². The van der Waals surface area contributed by atoms with Crippen LogP contribution in [0, 0.1) is 5.82 Å². The number of urea groups is 1. The van der Waals surface area contributed by atoms with Crippen molar-refractivity contribution >= 4 is 17.6 Å². The number of amides is 3. The van der Waals surface area contributed by atoms with Gasteiger partial charge in [-0.15, -0.1) is 0 Å². The topological polar surface area (TPSA) is 52.7 Å². The summed E-state index contributed by atoms with van der Waals surface area (Å²) >= 11 is 0. The van der Waals surface area contributed by atoms with E-state index in [-0.39, 0.29) is 32.1 Å². The molecule has 1 saturated heterocycles. The number of anilines is 1. The largest absolute Gasteiger partial charge is 0.416 e. The molecule has 1 N–H and O–H groups in total. The minimum absolute atomic E-state index is 0.162. The Hall–Kier alpha value is -3.10. The number of benzene rings is 2. The molecular formula is C19H17F4N3O2. The first-order valence-corrected chi connectivity index (χ1v) is 8.53. The van der Waals surface area contributed by atoms with E-state index in [1.54, 1.807) is 35.2 Å². The highest BCUT2D eigenvalue weighted by Crippen LogP contribution is 2.31. The van der Waals surface area contributed by atoms with Crippen LogP contribution >= 0.6 is 0 Å². The number of rotatable bonds is 2. The highest BCUT2D eigenvalue weighted by atomic mass is 19.4. The van der Waals surface area contributed by atoms with Gasteiger partial charge in [0.1, 0.15) is 5.82 Å². The van der Waals surface area contributed by atoms with E-state index in [4.69, 9.17) is 0 Å². The number of alkyl halides is 3. The Balaban J connectivity index is 1.61. The predicted octanol–water partition coefficient (Wildman–Crippen LogP) is 3.83. The van der Waals surface area contributed by atoms with Gasteiger partial charge in [-0.1, -0.05) is 18.2 Å². The van der Waals surface area contributed by atoms with E-state index < -0.39 is 29.3 Å². The number of hydrogen-bond donors (Lipinski definition) is 1. The number of nitrogens with one attached hydrogen (secondary N) is 1. The molecule has 0 spiro atoms. The fourth-order valence-corrected chi connectivity index (χ4v) is 2.87. The zero-order valence-electron chi connectivity index (χ0n) is 14.7. The summed E-state index contributed by atoms with van der Waals surface area (Å²) in [6.45, 7) is 0.911. The number of carbonyl (C=O) groups excluding carboxylic acids is 2. The molecular weight excluding hydrogens is 378 g/mol. The summed E-state index contributed by atoms with van der Waals surface area (Å²) in [7, 11) is 0. The molecule has 1 heterocycles. The first kappa shape index (κ1) is 19.7. The maximum atomic E-state index is 13.8. The zero-order valence-corrected chi connectivity index (χ0v) is 14.7. The Labute approximate surface area is 158 Å². The third-order valence-corrected chi connectivity index (χ3v) is 4.41. The van der Waals surface area contributed by atoms with Crippen molar-refractivity contribution in [1.29, 1.82) is 0 Å². The summed E-state index contributed by atoms with van der Waals surface area (Å²) in [5.74, 6) is -1.12. The Kier molecular flexibility index (Phi) is 5.53. The van der Waals surface area contributed by atoms with Crippen LogP contribution < -0.4 is 5.32 Å². The van der Waals surface area contributed by atoms with E-state index in [9.17, 15) is 27.2 Å². The van der Waals surface area contributed by atoms with Crippen molar-refractivity contribution in [1.82, 2.24) is 9.80 Å². The van der Waals surface area contributed by atoms with Crippen LogP contribution in [0.25, 0.3) is 0 Å². The Morgan fingerprint density at radius 1 is 0.893 bits per heavy atom. The molecule has 0 radical (unpaired) electrons. The van der Waals surface area contributed by atoms with Crippen LogP contribution in [0.1, 0.15) is 15.9 Å². The smallest absolute Gasteiger partial charge is 0.335 e. The average molecular weight is 395 g/mol. The molecule has 2 aromatic rings. The predicted molar refractivity (Wildman–Crippen MR) is 94.3 cm³/mol. The maximum Gasteiger partial charge on any atom is 0.416 e. The zero-order chi connectivity index (χ0) is 20.3. The summed E-state index contributed by atoms with van der Waals surface area (Å²) in [6, 6.07) is 9.80. The molecule has 28 heavy (non-hydrogen) atoms. The van der Waals surface area contributed by atoms with Crippen molar-refractivity contribution in [2.75, 3.05) is 31.5 Å². The molecule has 0 unspecified atom stereocenters. The van der Waals surface area contributed by atoms with Crippen LogP contribution in [-0.2, 0) is 6.18 Å². The molecule has 3 rings (SSSR count). The number of hydrogen-bond acceptors (Lipinski definition) is 2. The van der Waals surface area contributed by atoms with E-state index in [0.29, 0.717) is 23.8 Å². The number of halogens is 4. The van der Waals surface area contributed by atoms with Gasteiger partial charge in [0.25, 0.3) is 5.91 Å². The second-order valence-corrected chi connectivity index (χ2v) is 6.27. The van der Waals surface area contributed by atoms with Crippen molar-refractivity contribution < 1.29 is 27.2 Å². The third kappa shape index (κ3) is 4.41. The molecule has 0 bridgehead atoms. The Bertz CT molecular complexity index is 863. The second-order valence-electron chi connectivity index (χ2n) is 6.27. The number of piperazine rings is 1. The first-order chi connectivity index (χ1) is 13.3. The lowest BCUT2D eigenvalue weighted by Crippen LogP contribution is -2.51. The molecule has 9 heteroatoms. The van der Waals surface area contributed by atoms with Gasteiger partial charge >= 0.3 is 12.2 Å². The van der Waals surface area contributed by atoms with Gasteiger partial charge in [-0.3, -0.25) is 4.79 Å². The molecule has 0 saturated carbocycles. The molecule has 1 aliphatic rings. The van der Waals surface area contributed by atoms with Gasteiger partial charge in [0.15, 0.2) is 0 Å². The third-order valence-electron chi connectivity index (χ3n) is 4.41. The maximum absolute atomic E-state index is 13.8. The number of carbonyl (C=O) groups is 2. The lowest BCUT2D eigenvalue weighted by atomic mass is 10.2. The summed E-state index contributed by atoms with van der Waals surface area (Å²) < 4.78 is 52.1. The van der Waals surface area contributed by atoms with E-state index >= 15 is 0 Å².